The molecule has 0 unspecified atom stereocenters. The van der Waals surface area contributed by atoms with Crippen molar-refractivity contribution in [3.8, 4) is 0 Å². The molecule has 0 atom stereocenters. The van der Waals surface area contributed by atoms with Gasteiger partial charge in [0.2, 0.25) is 0 Å². The van der Waals surface area contributed by atoms with E-state index < -0.39 is 10.1 Å². The average Bonchev–Trinajstić information content (AvgIpc) is 1.92. The van der Waals surface area contributed by atoms with Gasteiger partial charge < -0.3 is 0 Å². The molecule has 0 saturated heterocycles. The zero-order chi connectivity index (χ0) is 9.35. The van der Waals surface area contributed by atoms with Gasteiger partial charge in [-0.1, -0.05) is 6.07 Å². The zero-order valence-electron chi connectivity index (χ0n) is 6.90. The Morgan fingerprint density at radius 2 is 1.69 bits per heavy atom. The van der Waals surface area contributed by atoms with Crippen LogP contribution in [-0.4, -0.2) is 38.8 Å². The summed E-state index contributed by atoms with van der Waals surface area (Å²) in [5.74, 6) is 0. The Kier molecular flexibility index (Phi) is 4.48. The second-order valence-corrected chi connectivity index (χ2v) is 4.14. The predicted molar refractivity (Wildman–Crippen MR) is 55.7 cm³/mol. The van der Waals surface area contributed by atoms with Gasteiger partial charge in [0.1, 0.15) is 0 Å². The molecule has 1 rings (SSSR count). The Labute approximate surface area is 96.7 Å². The SMILES string of the molecule is Cc1ccc(S(=O)(=O)O)cc1C.[InH3]. The van der Waals surface area contributed by atoms with Crippen molar-refractivity contribution >= 4 is 36.0 Å². The molecule has 0 aliphatic rings. The molecule has 1 aromatic carbocycles. The number of hydrogen-bond acceptors (Lipinski definition) is 2. The maximum absolute atomic E-state index is 10.7. The molecule has 1 aromatic rings. The summed E-state index contributed by atoms with van der Waals surface area (Å²) in [7, 11) is -4.04. The molecule has 1 N–H and O–H groups in total. The summed E-state index contributed by atoms with van der Waals surface area (Å²) in [6, 6.07) is 4.50. The topological polar surface area (TPSA) is 54.4 Å². The third-order valence-corrected chi connectivity index (χ3v) is 2.63. The molecule has 0 saturated carbocycles. The Morgan fingerprint density at radius 1 is 1.15 bits per heavy atom. The normalized spacial score (nSPS) is 10.7. The second-order valence-electron chi connectivity index (χ2n) is 2.72. The molecule has 0 spiro atoms. The monoisotopic (exact) mass is 304 g/mol. The van der Waals surface area contributed by atoms with E-state index in [9.17, 15) is 8.42 Å². The third kappa shape index (κ3) is 3.32. The fraction of sp³-hybridized carbons (Fsp3) is 0.250. The first-order chi connectivity index (χ1) is 5.41. The zero-order valence-corrected chi connectivity index (χ0v) is 7.72. The Hall–Kier alpha value is 0.000130. The van der Waals surface area contributed by atoms with Crippen molar-refractivity contribution in [2.75, 3.05) is 0 Å². The molecule has 0 aromatic heterocycles. The Bertz CT molecular complexity index is 398. The summed E-state index contributed by atoms with van der Waals surface area (Å²) in [4.78, 5) is -0.0504. The van der Waals surface area contributed by atoms with Crippen LogP contribution in [0.5, 0.6) is 0 Å². The van der Waals surface area contributed by atoms with Crippen LogP contribution < -0.4 is 0 Å². The molecule has 0 fully saturated rings. The molecule has 0 aliphatic heterocycles. The Balaban J connectivity index is 0.00000144. The molecule has 0 aliphatic carbocycles. The average molecular weight is 304 g/mol. The predicted octanol–water partition coefficient (Wildman–Crippen LogP) is 0.366. The molecular weight excluding hydrogens is 291 g/mol. The van der Waals surface area contributed by atoms with E-state index >= 15 is 0 Å². The van der Waals surface area contributed by atoms with Gasteiger partial charge in [0.05, 0.1) is 4.90 Å². The third-order valence-electron chi connectivity index (χ3n) is 1.78. The van der Waals surface area contributed by atoms with Crippen LogP contribution in [0.4, 0.5) is 0 Å². The van der Waals surface area contributed by atoms with E-state index in [1.807, 2.05) is 6.92 Å². The van der Waals surface area contributed by atoms with Gasteiger partial charge in [0.25, 0.3) is 10.1 Å². The summed E-state index contributed by atoms with van der Waals surface area (Å²) in [6.45, 7) is 3.67. The molecular formula is C8H13InO3S. The minimum atomic E-state index is -4.04. The van der Waals surface area contributed by atoms with E-state index in [2.05, 4.69) is 0 Å². The van der Waals surface area contributed by atoms with Crippen LogP contribution in [0.2, 0.25) is 0 Å². The first kappa shape index (κ1) is 13.0. The van der Waals surface area contributed by atoms with E-state index in [1.165, 1.54) is 12.1 Å². The summed E-state index contributed by atoms with van der Waals surface area (Å²) < 4.78 is 30.0. The summed E-state index contributed by atoms with van der Waals surface area (Å²) in [5, 5.41) is 0. The van der Waals surface area contributed by atoms with Crippen LogP contribution in [0.1, 0.15) is 11.1 Å². The van der Waals surface area contributed by atoms with E-state index in [1.54, 1.807) is 13.0 Å². The molecule has 0 bridgehead atoms. The number of aryl methyl sites for hydroxylation is 2. The quantitative estimate of drug-likeness (QED) is 0.763. The van der Waals surface area contributed by atoms with E-state index in [0.717, 1.165) is 11.1 Å². The van der Waals surface area contributed by atoms with Gasteiger partial charge in [-0.2, -0.15) is 8.42 Å². The fourth-order valence-electron chi connectivity index (χ4n) is 0.874. The number of hydrogen-bond donors (Lipinski definition) is 1. The van der Waals surface area contributed by atoms with Crippen molar-refractivity contribution < 1.29 is 13.0 Å². The van der Waals surface area contributed by atoms with Crippen LogP contribution in [0.3, 0.4) is 0 Å². The van der Waals surface area contributed by atoms with Crippen molar-refractivity contribution in [1.82, 2.24) is 0 Å². The van der Waals surface area contributed by atoms with Gasteiger partial charge in [0, 0.05) is 0 Å². The van der Waals surface area contributed by atoms with Crippen molar-refractivity contribution in [1.29, 1.82) is 0 Å². The van der Waals surface area contributed by atoms with Crippen molar-refractivity contribution in [2.24, 2.45) is 0 Å². The van der Waals surface area contributed by atoms with E-state index in [-0.39, 0.29) is 30.7 Å². The fourth-order valence-corrected chi connectivity index (χ4v) is 1.44. The van der Waals surface area contributed by atoms with Crippen LogP contribution in [0.25, 0.3) is 0 Å². The van der Waals surface area contributed by atoms with Gasteiger partial charge in [-0.25, -0.2) is 0 Å². The maximum atomic E-state index is 10.7. The molecule has 0 amide bonds. The minimum absolute atomic E-state index is 0. The summed E-state index contributed by atoms with van der Waals surface area (Å²) in [5.41, 5.74) is 1.85. The van der Waals surface area contributed by atoms with Gasteiger partial charge in [-0.3, -0.25) is 4.55 Å². The van der Waals surface area contributed by atoms with Gasteiger partial charge in [-0.15, -0.1) is 0 Å². The number of rotatable bonds is 1. The molecule has 13 heavy (non-hydrogen) atoms. The molecule has 72 valence electrons. The van der Waals surface area contributed by atoms with Gasteiger partial charge in [0.15, 0.2) is 0 Å². The van der Waals surface area contributed by atoms with Crippen molar-refractivity contribution in [3.05, 3.63) is 29.3 Å². The van der Waals surface area contributed by atoms with E-state index in [4.69, 9.17) is 4.55 Å². The Morgan fingerprint density at radius 3 is 2.08 bits per heavy atom. The van der Waals surface area contributed by atoms with Gasteiger partial charge in [-0.05, 0) is 37.1 Å². The molecule has 5 heteroatoms. The number of benzene rings is 1. The second kappa shape index (κ2) is 4.48. The van der Waals surface area contributed by atoms with Crippen LogP contribution in [0.15, 0.2) is 23.1 Å². The molecule has 3 nitrogen and oxygen atoms in total. The first-order valence-electron chi connectivity index (χ1n) is 3.46. The molecule has 0 radical (unpaired) electrons. The summed E-state index contributed by atoms with van der Waals surface area (Å²) in [6.07, 6.45) is 0. The van der Waals surface area contributed by atoms with Gasteiger partial charge >= 0.3 is 25.8 Å². The van der Waals surface area contributed by atoms with Crippen molar-refractivity contribution in [3.63, 3.8) is 0 Å². The van der Waals surface area contributed by atoms with Crippen molar-refractivity contribution in [2.45, 2.75) is 18.7 Å². The van der Waals surface area contributed by atoms with Crippen LogP contribution >= 0.6 is 0 Å². The summed E-state index contributed by atoms with van der Waals surface area (Å²) >= 11 is 0. The standard InChI is InChI=1S/C8H10O3S.In.3H/c1-6-3-4-8(5-7(6)2)12(9,10)11;;;;/h3-5H,1-2H3,(H,9,10,11);;;;. The van der Waals surface area contributed by atoms with E-state index in [0.29, 0.717) is 0 Å². The first-order valence-corrected chi connectivity index (χ1v) is 4.90. The van der Waals surface area contributed by atoms with Crippen LogP contribution in [0, 0.1) is 13.8 Å². The molecule has 0 heterocycles. The van der Waals surface area contributed by atoms with Crippen LogP contribution in [-0.2, 0) is 10.1 Å².